The maximum absolute atomic E-state index is 5.85. The monoisotopic (exact) mass is 369 g/mol. The highest BCUT2D eigenvalue weighted by molar-refractivity contribution is 7.15. The number of hydrogen-bond acceptors (Lipinski definition) is 5. The number of aryl methyl sites for hydroxylation is 2. The molecule has 2 aromatic heterocycles. The maximum Gasteiger partial charge on any atom is 0.195 e. The van der Waals surface area contributed by atoms with Gasteiger partial charge in [0.1, 0.15) is 5.52 Å². The number of rotatable bonds is 6. The van der Waals surface area contributed by atoms with Gasteiger partial charge in [-0.05, 0) is 30.2 Å². The molecule has 0 saturated heterocycles. The number of hydrogen-bond donors (Lipinski definition) is 1. The summed E-state index contributed by atoms with van der Waals surface area (Å²) in [5, 5.41) is 3.36. The van der Waals surface area contributed by atoms with Crippen LogP contribution in [-0.4, -0.2) is 9.97 Å². The van der Waals surface area contributed by atoms with Crippen LogP contribution in [-0.2, 0) is 19.4 Å². The predicted octanol–water partition coefficient (Wildman–Crippen LogP) is 5.34. The number of thiazole rings is 1. The summed E-state index contributed by atoms with van der Waals surface area (Å²) in [5.74, 6) is 0.769. The minimum absolute atomic E-state index is 0.562. The smallest absolute Gasteiger partial charge is 0.195 e. The molecule has 25 heavy (non-hydrogen) atoms. The van der Waals surface area contributed by atoms with Gasteiger partial charge in [-0.25, -0.2) is 9.97 Å². The van der Waals surface area contributed by atoms with Gasteiger partial charge in [0.25, 0.3) is 0 Å². The fourth-order valence-corrected chi connectivity index (χ4v) is 3.56. The minimum Gasteiger partial charge on any atom is -0.441 e. The highest BCUT2D eigenvalue weighted by atomic mass is 35.5. The lowest BCUT2D eigenvalue weighted by molar-refractivity contribution is 0.528. The highest BCUT2D eigenvalue weighted by Crippen LogP contribution is 2.23. The molecule has 2 aromatic carbocycles. The largest absolute Gasteiger partial charge is 0.441 e. The van der Waals surface area contributed by atoms with E-state index in [1.165, 1.54) is 16.9 Å². The van der Waals surface area contributed by atoms with Crippen molar-refractivity contribution in [2.45, 2.75) is 19.4 Å². The third kappa shape index (κ3) is 4.00. The first-order chi connectivity index (χ1) is 12.3. The Balaban J connectivity index is 1.43. The number of aromatic nitrogens is 2. The van der Waals surface area contributed by atoms with Crippen molar-refractivity contribution in [3.63, 3.8) is 0 Å². The Hall–Kier alpha value is -2.37. The molecule has 4 rings (SSSR count). The Morgan fingerprint density at radius 2 is 1.96 bits per heavy atom. The lowest BCUT2D eigenvalue weighted by Gasteiger charge is -2.03. The van der Waals surface area contributed by atoms with Gasteiger partial charge in [0.15, 0.2) is 15.9 Å². The first-order valence-electron chi connectivity index (χ1n) is 8.04. The molecule has 4 nitrogen and oxygen atoms in total. The SMILES string of the molecule is Clc1ncc(CNc2ccc3oc(CCc4ccccc4)nc3c2)s1. The molecule has 0 spiro atoms. The number of nitrogens with zero attached hydrogens (tertiary/aromatic N) is 2. The van der Waals surface area contributed by atoms with Crippen molar-refractivity contribution in [3.05, 3.63) is 75.5 Å². The van der Waals surface area contributed by atoms with Crippen molar-refractivity contribution < 1.29 is 4.42 Å². The number of anilines is 1. The summed E-state index contributed by atoms with van der Waals surface area (Å²) in [6, 6.07) is 16.3. The van der Waals surface area contributed by atoms with Crippen molar-refractivity contribution in [1.29, 1.82) is 0 Å². The van der Waals surface area contributed by atoms with Crippen LogP contribution in [0.25, 0.3) is 11.1 Å². The van der Waals surface area contributed by atoms with Gasteiger partial charge >= 0.3 is 0 Å². The van der Waals surface area contributed by atoms with E-state index in [4.69, 9.17) is 16.0 Å². The third-order valence-corrected chi connectivity index (χ3v) is 5.01. The molecule has 2 heterocycles. The fourth-order valence-electron chi connectivity index (χ4n) is 2.64. The average Bonchev–Trinajstić information content (AvgIpc) is 3.24. The fraction of sp³-hybridized carbons (Fsp3) is 0.158. The second kappa shape index (κ2) is 7.25. The molecule has 0 unspecified atom stereocenters. The van der Waals surface area contributed by atoms with Crippen molar-refractivity contribution >= 4 is 39.7 Å². The number of nitrogens with one attached hydrogen (secondary N) is 1. The van der Waals surface area contributed by atoms with E-state index in [-0.39, 0.29) is 0 Å². The number of oxazole rings is 1. The van der Waals surface area contributed by atoms with E-state index in [1.54, 1.807) is 6.20 Å². The molecular weight excluding hydrogens is 354 g/mol. The molecule has 0 saturated carbocycles. The topological polar surface area (TPSA) is 51.0 Å². The number of fused-ring (bicyclic) bond motifs is 1. The second-order valence-corrected chi connectivity index (χ2v) is 7.41. The third-order valence-electron chi connectivity index (χ3n) is 3.89. The first-order valence-corrected chi connectivity index (χ1v) is 9.23. The Bertz CT molecular complexity index is 981. The normalized spacial score (nSPS) is 11.1. The molecule has 0 aliphatic carbocycles. The van der Waals surface area contributed by atoms with E-state index in [2.05, 4.69) is 39.6 Å². The zero-order valence-corrected chi connectivity index (χ0v) is 15.0. The Morgan fingerprint density at radius 1 is 1.08 bits per heavy atom. The Morgan fingerprint density at radius 3 is 2.76 bits per heavy atom. The summed E-state index contributed by atoms with van der Waals surface area (Å²) in [6.07, 6.45) is 3.50. The quantitative estimate of drug-likeness (QED) is 0.498. The lowest BCUT2D eigenvalue weighted by atomic mass is 10.1. The van der Waals surface area contributed by atoms with Gasteiger partial charge in [-0.2, -0.15) is 0 Å². The van der Waals surface area contributed by atoms with Crippen LogP contribution >= 0.6 is 22.9 Å². The summed E-state index contributed by atoms with van der Waals surface area (Å²) in [5.41, 5.74) is 3.97. The molecule has 0 bridgehead atoms. The molecule has 0 amide bonds. The lowest BCUT2D eigenvalue weighted by Crippen LogP contribution is -1.96. The van der Waals surface area contributed by atoms with Crippen LogP contribution in [0.15, 0.2) is 59.1 Å². The van der Waals surface area contributed by atoms with Gasteiger partial charge in [-0.15, -0.1) is 11.3 Å². The van der Waals surface area contributed by atoms with Gasteiger partial charge in [0.2, 0.25) is 0 Å². The molecule has 0 radical (unpaired) electrons. The summed E-state index contributed by atoms with van der Waals surface area (Å²) >= 11 is 7.33. The van der Waals surface area contributed by atoms with Crippen LogP contribution in [0, 0.1) is 0 Å². The zero-order valence-electron chi connectivity index (χ0n) is 13.4. The molecule has 1 N–H and O–H groups in total. The van der Waals surface area contributed by atoms with Gasteiger partial charge in [0, 0.05) is 23.2 Å². The second-order valence-electron chi connectivity index (χ2n) is 5.71. The highest BCUT2D eigenvalue weighted by Gasteiger charge is 2.07. The standard InChI is InChI=1S/C19H16ClN3OS/c20-19-22-12-15(25-19)11-21-14-7-8-17-16(10-14)23-18(24-17)9-6-13-4-2-1-3-5-13/h1-5,7-8,10,12,21H,6,9,11H2. The van der Waals surface area contributed by atoms with Crippen LogP contribution < -0.4 is 5.32 Å². The van der Waals surface area contributed by atoms with Crippen molar-refractivity contribution in [2.24, 2.45) is 0 Å². The van der Waals surface area contributed by atoms with E-state index in [0.717, 1.165) is 40.4 Å². The maximum atomic E-state index is 5.85. The van der Waals surface area contributed by atoms with Gasteiger partial charge in [-0.3, -0.25) is 0 Å². The van der Waals surface area contributed by atoms with Gasteiger partial charge in [0.05, 0.1) is 6.54 Å². The molecule has 4 aromatic rings. The molecule has 0 atom stereocenters. The number of benzene rings is 2. The van der Waals surface area contributed by atoms with Crippen molar-refractivity contribution in [1.82, 2.24) is 9.97 Å². The Kier molecular flexibility index (Phi) is 4.68. The summed E-state index contributed by atoms with van der Waals surface area (Å²) < 4.78 is 6.41. The van der Waals surface area contributed by atoms with Crippen LogP contribution in [0.1, 0.15) is 16.3 Å². The molecule has 0 aliphatic heterocycles. The van der Waals surface area contributed by atoms with Crippen molar-refractivity contribution in [2.75, 3.05) is 5.32 Å². The molecular formula is C19H16ClN3OS. The molecule has 0 aliphatic rings. The van der Waals surface area contributed by atoms with Crippen LogP contribution in [0.2, 0.25) is 4.47 Å². The molecule has 0 fully saturated rings. The Labute approximate surface area is 154 Å². The van der Waals surface area contributed by atoms with E-state index in [0.29, 0.717) is 11.0 Å². The van der Waals surface area contributed by atoms with Crippen LogP contribution in [0.4, 0.5) is 5.69 Å². The van der Waals surface area contributed by atoms with E-state index < -0.39 is 0 Å². The predicted molar refractivity (Wildman–Crippen MR) is 102 cm³/mol. The summed E-state index contributed by atoms with van der Waals surface area (Å²) in [7, 11) is 0. The first kappa shape index (κ1) is 16.1. The average molecular weight is 370 g/mol. The summed E-state index contributed by atoms with van der Waals surface area (Å²) in [4.78, 5) is 9.75. The van der Waals surface area contributed by atoms with Gasteiger partial charge in [-0.1, -0.05) is 41.9 Å². The zero-order chi connectivity index (χ0) is 17.1. The van der Waals surface area contributed by atoms with Crippen LogP contribution in [0.3, 0.4) is 0 Å². The minimum atomic E-state index is 0.562. The summed E-state index contributed by atoms with van der Waals surface area (Å²) in [6.45, 7) is 0.689. The van der Waals surface area contributed by atoms with E-state index in [9.17, 15) is 0 Å². The molecule has 6 heteroatoms. The van der Waals surface area contributed by atoms with Crippen LogP contribution in [0.5, 0.6) is 0 Å². The van der Waals surface area contributed by atoms with Crippen molar-refractivity contribution in [3.8, 4) is 0 Å². The van der Waals surface area contributed by atoms with E-state index >= 15 is 0 Å². The number of halogens is 1. The molecule has 126 valence electrons. The van der Waals surface area contributed by atoms with E-state index in [1.807, 2.05) is 24.3 Å². The van der Waals surface area contributed by atoms with Gasteiger partial charge < -0.3 is 9.73 Å².